The minimum Gasteiger partial charge on any atom is -0.505 e. The lowest BCUT2D eigenvalue weighted by atomic mass is 10.1. The minimum atomic E-state index is -4.95. The topological polar surface area (TPSA) is 424 Å². The van der Waals surface area contributed by atoms with Crippen LogP contribution < -0.4 is 18.9 Å². The molecule has 9 aromatic carbocycles. The molecule has 0 aliphatic rings. The summed E-state index contributed by atoms with van der Waals surface area (Å²) in [7, 11) is -15.9. The van der Waals surface area contributed by atoms with Gasteiger partial charge < -0.3 is 29.2 Å². The van der Waals surface area contributed by atoms with Crippen LogP contribution in [-0.2, 0) is 47.1 Å². The fourth-order valence-electron chi connectivity index (χ4n) is 9.55. The first kappa shape index (κ1) is 66.1. The van der Waals surface area contributed by atoms with E-state index >= 15 is 0 Å². The highest BCUT2D eigenvalue weighted by Crippen LogP contribution is 2.43. The SMILES string of the molecule is CCCCOc1cc(S(=O)(=O)O)c2cc(N=Nc3ccc(N=Nc4cc(OC)c(N=Nc5cc(OC)c(N=Nc6ccc7cc(-n8nc9ccc%10c(S(=O)(=O)O)cc(S(=O)(=O)O)cc%10c9n8)ccc7c6O)cc5CO)cc4C)c(OCCCCS(=O)(=O)O)c3)ccc2c1. The Kier molecular flexibility index (Phi) is 19.3. The van der Waals surface area contributed by atoms with Crippen LogP contribution in [0.15, 0.2) is 183 Å². The van der Waals surface area contributed by atoms with Crippen molar-refractivity contribution >= 4 is 129 Å². The maximum Gasteiger partial charge on any atom is 0.295 e. The van der Waals surface area contributed by atoms with Crippen LogP contribution in [0.5, 0.6) is 28.7 Å². The Balaban J connectivity index is 0.869. The van der Waals surface area contributed by atoms with Crippen LogP contribution in [0.3, 0.4) is 0 Å². The maximum atomic E-state index is 12.5. The number of azo groups is 4. The van der Waals surface area contributed by atoms with Gasteiger partial charge in [0.25, 0.3) is 40.5 Å². The molecule has 0 atom stereocenters. The molecule has 10 aromatic rings. The fourth-order valence-corrected chi connectivity index (χ4v) is 12.2. The number of phenols is 1. The standard InChI is InChI=1S/C60H55N11O18S4/c1-5-6-19-88-41-24-36-9-11-38(26-45(36)57(28-41)92(80,81)82)61-62-39-12-17-47(56(27-39)89-20-7-8-21-90(74,75)76)63-65-50-31-54(86-3)52(22-34(50)2)67-66-51-32-55(87-4)53(25-37(51)33-72)68-64-49-16-10-35-23-40(13-14-43(35)60(49)73)71-69-48-18-15-44-46(59(48)70-71)29-42(91(77,78)79)30-58(44)93(83,84)85/h9-18,22-32,72-73H,5-8,19-21,33H2,1-4H3,(H,74,75,76)(H,77,78,79)(H,80,81,82)(H,83,84,85). The molecular weight excluding hydrogens is 1290 g/mol. The number of aliphatic hydroxyl groups is 1. The third-order valence-corrected chi connectivity index (χ3v) is 17.6. The number of benzene rings is 9. The third-order valence-electron chi connectivity index (χ3n) is 14.2. The van der Waals surface area contributed by atoms with Crippen LogP contribution in [0.4, 0.5) is 45.5 Å². The van der Waals surface area contributed by atoms with E-state index in [9.17, 15) is 62.1 Å². The Bertz CT molecular complexity index is 5220. The Labute approximate surface area is 530 Å². The molecule has 0 saturated carbocycles. The smallest absolute Gasteiger partial charge is 0.295 e. The number of aryl methyl sites for hydroxylation is 1. The van der Waals surface area contributed by atoms with Crippen LogP contribution >= 0.6 is 0 Å². The number of unbranched alkanes of at least 4 members (excludes halogenated alkanes) is 2. The predicted octanol–water partition coefficient (Wildman–Crippen LogP) is 14.0. The molecule has 0 fully saturated rings. The van der Waals surface area contributed by atoms with E-state index in [0.29, 0.717) is 45.8 Å². The summed E-state index contributed by atoms with van der Waals surface area (Å²) in [5.74, 6) is 0.135. The van der Waals surface area contributed by atoms with Crippen LogP contribution in [0.2, 0.25) is 0 Å². The molecule has 10 rings (SSSR count). The number of ether oxygens (including phenoxy) is 4. The molecule has 0 unspecified atom stereocenters. The fraction of sp³-hybridized carbons (Fsp3) is 0.200. The molecule has 1 heterocycles. The summed E-state index contributed by atoms with van der Waals surface area (Å²) in [5, 5.41) is 67.3. The average molecular weight is 1350 g/mol. The molecule has 33 heteroatoms. The van der Waals surface area contributed by atoms with E-state index in [1.54, 1.807) is 73.7 Å². The Morgan fingerprint density at radius 1 is 0.495 bits per heavy atom. The number of rotatable bonds is 25. The maximum absolute atomic E-state index is 12.5. The summed E-state index contributed by atoms with van der Waals surface area (Å²) in [5.41, 5.74) is 3.26. The zero-order valence-electron chi connectivity index (χ0n) is 49.4. The lowest BCUT2D eigenvalue weighted by Gasteiger charge is -2.11. The van der Waals surface area contributed by atoms with Crippen molar-refractivity contribution in [2.24, 2.45) is 40.9 Å². The molecular formula is C60H55N11O18S4. The summed E-state index contributed by atoms with van der Waals surface area (Å²) < 4.78 is 158. The van der Waals surface area contributed by atoms with E-state index in [0.717, 1.165) is 18.9 Å². The van der Waals surface area contributed by atoms with Crippen LogP contribution in [0, 0.1) is 6.92 Å². The van der Waals surface area contributed by atoms with Crippen LogP contribution in [0.25, 0.3) is 49.0 Å². The van der Waals surface area contributed by atoms with Crippen molar-refractivity contribution < 1.29 is 81.0 Å². The van der Waals surface area contributed by atoms with Crippen molar-refractivity contribution in [1.82, 2.24) is 15.0 Å². The highest BCUT2D eigenvalue weighted by molar-refractivity contribution is 7.87. The van der Waals surface area contributed by atoms with E-state index < -0.39 is 62.6 Å². The second-order valence-corrected chi connectivity index (χ2v) is 26.4. The van der Waals surface area contributed by atoms with Crippen LogP contribution in [0.1, 0.15) is 43.7 Å². The molecule has 93 heavy (non-hydrogen) atoms. The number of aliphatic hydroxyl groups excluding tert-OH is 1. The molecule has 0 aliphatic heterocycles. The van der Waals surface area contributed by atoms with E-state index in [1.807, 2.05) is 6.92 Å². The van der Waals surface area contributed by atoms with Gasteiger partial charge in [0.2, 0.25) is 0 Å². The zero-order valence-corrected chi connectivity index (χ0v) is 52.7. The van der Waals surface area contributed by atoms with Crippen molar-refractivity contribution in [3.05, 3.63) is 139 Å². The number of fused-ring (bicyclic) bond motifs is 5. The monoisotopic (exact) mass is 1350 g/mol. The molecule has 482 valence electrons. The van der Waals surface area contributed by atoms with Gasteiger partial charge in [-0.05, 0) is 127 Å². The largest absolute Gasteiger partial charge is 0.505 e. The van der Waals surface area contributed by atoms with Gasteiger partial charge in [0.1, 0.15) is 66.6 Å². The molecule has 29 nitrogen and oxygen atoms in total. The van der Waals surface area contributed by atoms with Crippen molar-refractivity contribution in [1.29, 1.82) is 0 Å². The van der Waals surface area contributed by atoms with Gasteiger partial charge in [0.05, 0.1) is 73.1 Å². The van der Waals surface area contributed by atoms with Gasteiger partial charge in [0.15, 0.2) is 5.75 Å². The van der Waals surface area contributed by atoms with Crippen molar-refractivity contribution in [2.75, 3.05) is 33.2 Å². The Hall–Kier alpha value is -9.84. The number of hydrogen-bond acceptors (Lipinski definition) is 24. The summed E-state index contributed by atoms with van der Waals surface area (Å²) in [6, 6.07) is 30.7. The third kappa shape index (κ3) is 15.4. The van der Waals surface area contributed by atoms with Gasteiger partial charge in [0, 0.05) is 51.4 Å². The van der Waals surface area contributed by atoms with E-state index in [2.05, 4.69) is 51.1 Å². The second kappa shape index (κ2) is 27.2. The Morgan fingerprint density at radius 2 is 1.10 bits per heavy atom. The molecule has 0 saturated heterocycles. The zero-order chi connectivity index (χ0) is 66.6. The predicted molar refractivity (Wildman–Crippen MR) is 340 cm³/mol. The first-order chi connectivity index (χ1) is 44.2. The summed E-state index contributed by atoms with van der Waals surface area (Å²) in [4.78, 5) is -0.708. The van der Waals surface area contributed by atoms with E-state index in [4.69, 9.17) is 18.9 Å². The summed E-state index contributed by atoms with van der Waals surface area (Å²) >= 11 is 0. The molecule has 1 aromatic heterocycles. The number of aromatic nitrogens is 3. The molecule has 0 spiro atoms. The summed E-state index contributed by atoms with van der Waals surface area (Å²) in [6.07, 6.45) is 1.94. The van der Waals surface area contributed by atoms with Gasteiger partial charge in [-0.1, -0.05) is 31.5 Å². The molecule has 0 bridgehead atoms. The number of methoxy groups -OCH3 is 2. The van der Waals surface area contributed by atoms with E-state index in [1.165, 1.54) is 67.5 Å². The van der Waals surface area contributed by atoms with Crippen molar-refractivity contribution in [3.8, 4) is 34.4 Å². The number of hydrogen-bond donors (Lipinski definition) is 6. The van der Waals surface area contributed by atoms with Gasteiger partial charge >= 0.3 is 0 Å². The summed E-state index contributed by atoms with van der Waals surface area (Å²) in [6.45, 7) is 3.58. The second-order valence-electron chi connectivity index (χ2n) is 20.6. The lowest BCUT2D eigenvalue weighted by Crippen LogP contribution is -2.06. The van der Waals surface area contributed by atoms with Gasteiger partial charge in [-0.15, -0.1) is 35.8 Å². The highest BCUT2D eigenvalue weighted by Gasteiger charge is 2.24. The molecule has 6 N–H and O–H groups in total. The normalized spacial score (nSPS) is 12.7. The lowest BCUT2D eigenvalue weighted by molar-refractivity contribution is 0.282. The number of aromatic hydroxyl groups is 1. The molecule has 0 aliphatic carbocycles. The minimum absolute atomic E-state index is 0.00932. The molecule has 0 amide bonds. The first-order valence-corrected chi connectivity index (χ1v) is 33.8. The molecule has 0 radical (unpaired) electrons. The van der Waals surface area contributed by atoms with E-state index in [-0.39, 0.29) is 126 Å². The van der Waals surface area contributed by atoms with Crippen molar-refractivity contribution in [2.45, 2.75) is 60.8 Å². The number of nitrogens with zero attached hydrogens (tertiary/aromatic N) is 11. The highest BCUT2D eigenvalue weighted by atomic mass is 32.2. The first-order valence-electron chi connectivity index (χ1n) is 27.8. The average Bonchev–Trinajstić information content (AvgIpc) is 1.69. The van der Waals surface area contributed by atoms with Gasteiger partial charge in [-0.3, -0.25) is 18.2 Å². The van der Waals surface area contributed by atoms with Crippen LogP contribution in [-0.4, -0.2) is 110 Å². The van der Waals surface area contributed by atoms with Crippen molar-refractivity contribution in [3.63, 3.8) is 0 Å². The van der Waals surface area contributed by atoms with Gasteiger partial charge in [-0.2, -0.15) is 53.8 Å². The Morgan fingerprint density at radius 3 is 1.78 bits per heavy atom. The quantitative estimate of drug-likeness (QED) is 0.0176. The van der Waals surface area contributed by atoms with Gasteiger partial charge in [-0.25, -0.2) is 0 Å². The number of phenolic OH excluding ortho intramolecular Hbond substituents is 1.